The van der Waals surface area contributed by atoms with E-state index in [1.807, 2.05) is 39.0 Å². The third-order valence-electron chi connectivity index (χ3n) is 2.69. The van der Waals surface area contributed by atoms with Gasteiger partial charge in [0.2, 0.25) is 5.95 Å². The molecule has 0 saturated heterocycles. The van der Waals surface area contributed by atoms with Gasteiger partial charge in [0, 0.05) is 16.0 Å². The highest BCUT2D eigenvalue weighted by Gasteiger charge is 2.20. The highest BCUT2D eigenvalue weighted by Crippen LogP contribution is 2.15. The van der Waals surface area contributed by atoms with Crippen LogP contribution < -0.4 is 11.0 Å². The fourth-order valence-corrected chi connectivity index (χ4v) is 1.81. The molecule has 0 radical (unpaired) electrons. The Morgan fingerprint density at radius 2 is 2.00 bits per heavy atom. The average molecular weight is 306 g/mol. The van der Waals surface area contributed by atoms with Gasteiger partial charge in [0.25, 0.3) is 5.56 Å². The number of aromatic nitrogens is 3. The van der Waals surface area contributed by atoms with Crippen molar-refractivity contribution in [2.45, 2.75) is 26.2 Å². The molecule has 0 aliphatic heterocycles. The number of hydrogen-bond acceptors (Lipinski definition) is 5. The third kappa shape index (κ3) is 3.88. The van der Waals surface area contributed by atoms with Gasteiger partial charge in [0.05, 0.1) is 6.21 Å². The summed E-state index contributed by atoms with van der Waals surface area (Å²) in [7, 11) is 0. The molecule has 21 heavy (non-hydrogen) atoms. The number of hydrogen-bond donors (Lipinski definition) is 2. The molecule has 0 saturated carbocycles. The first kappa shape index (κ1) is 15.2. The van der Waals surface area contributed by atoms with Crippen molar-refractivity contribution >= 4 is 23.8 Å². The Bertz CT molecular complexity index is 718. The second kappa shape index (κ2) is 6.05. The van der Waals surface area contributed by atoms with Crippen molar-refractivity contribution in [3.05, 3.63) is 50.9 Å². The SMILES string of the molecule is CC(C)(C)c1nnc(N/N=C/c2ccccc2Cl)[nH]c1=O. The number of nitrogens with one attached hydrogen (secondary N) is 2. The van der Waals surface area contributed by atoms with Gasteiger partial charge in [-0.1, -0.05) is 50.6 Å². The second-order valence-electron chi connectivity index (χ2n) is 5.49. The van der Waals surface area contributed by atoms with Gasteiger partial charge in [-0.25, -0.2) is 5.43 Å². The minimum absolute atomic E-state index is 0.177. The smallest absolute Gasteiger partial charge is 0.274 e. The standard InChI is InChI=1S/C14H16ClN5O/c1-14(2,3)11-12(21)17-13(20-18-11)19-16-8-9-6-4-5-7-10(9)15/h4-8H,1-3H3,(H2,17,19,20,21)/b16-8+. The molecular formula is C14H16ClN5O. The lowest BCUT2D eigenvalue weighted by Crippen LogP contribution is -2.28. The van der Waals surface area contributed by atoms with Crippen molar-refractivity contribution in [2.24, 2.45) is 5.10 Å². The highest BCUT2D eigenvalue weighted by atomic mass is 35.5. The average Bonchev–Trinajstić information content (AvgIpc) is 2.39. The summed E-state index contributed by atoms with van der Waals surface area (Å²) >= 11 is 6.00. The summed E-state index contributed by atoms with van der Waals surface area (Å²) in [6, 6.07) is 7.28. The molecule has 2 N–H and O–H groups in total. The molecule has 0 spiro atoms. The number of H-pyrrole nitrogens is 1. The number of rotatable bonds is 3. The van der Waals surface area contributed by atoms with Crippen LogP contribution in [0.4, 0.5) is 5.95 Å². The fourth-order valence-electron chi connectivity index (χ4n) is 1.62. The number of halogens is 1. The van der Waals surface area contributed by atoms with Crippen LogP contribution in [0.15, 0.2) is 34.2 Å². The molecule has 0 aliphatic rings. The van der Waals surface area contributed by atoms with Crippen molar-refractivity contribution in [2.75, 3.05) is 5.43 Å². The number of benzene rings is 1. The quantitative estimate of drug-likeness (QED) is 0.674. The minimum Gasteiger partial charge on any atom is -0.288 e. The second-order valence-corrected chi connectivity index (χ2v) is 5.90. The van der Waals surface area contributed by atoms with Crippen LogP contribution in [0.1, 0.15) is 32.0 Å². The molecule has 0 amide bonds. The van der Waals surface area contributed by atoms with Crippen LogP contribution in [0, 0.1) is 0 Å². The lowest BCUT2D eigenvalue weighted by Gasteiger charge is -2.15. The predicted molar refractivity (Wildman–Crippen MR) is 84.0 cm³/mol. The summed E-state index contributed by atoms with van der Waals surface area (Å²) in [5, 5.41) is 12.4. The number of hydrazone groups is 1. The van der Waals surface area contributed by atoms with E-state index in [0.717, 1.165) is 5.56 Å². The van der Waals surface area contributed by atoms with Crippen LogP contribution in [0.2, 0.25) is 5.02 Å². The minimum atomic E-state index is -0.361. The Morgan fingerprint density at radius 1 is 1.29 bits per heavy atom. The molecule has 6 nitrogen and oxygen atoms in total. The normalized spacial score (nSPS) is 11.8. The molecular weight excluding hydrogens is 290 g/mol. The summed E-state index contributed by atoms with van der Waals surface area (Å²) in [6.45, 7) is 5.69. The van der Waals surface area contributed by atoms with Crippen molar-refractivity contribution in [3.8, 4) is 0 Å². The van der Waals surface area contributed by atoms with Crippen LogP contribution in [0.5, 0.6) is 0 Å². The summed E-state index contributed by atoms with van der Waals surface area (Å²) in [5.41, 5.74) is 3.11. The predicted octanol–water partition coefficient (Wildman–Crippen LogP) is 2.56. The maximum absolute atomic E-state index is 11.9. The lowest BCUT2D eigenvalue weighted by atomic mass is 9.93. The molecule has 0 aliphatic carbocycles. The van der Waals surface area contributed by atoms with E-state index in [2.05, 4.69) is 25.7 Å². The molecule has 2 aromatic rings. The first-order chi connectivity index (χ1) is 9.88. The first-order valence-corrected chi connectivity index (χ1v) is 6.77. The van der Waals surface area contributed by atoms with Gasteiger partial charge in [-0.3, -0.25) is 9.78 Å². The monoisotopic (exact) mass is 305 g/mol. The summed E-state index contributed by atoms with van der Waals surface area (Å²) < 4.78 is 0. The van der Waals surface area contributed by atoms with Gasteiger partial charge in [-0.05, 0) is 6.07 Å². The van der Waals surface area contributed by atoms with E-state index < -0.39 is 0 Å². The van der Waals surface area contributed by atoms with Gasteiger partial charge in [-0.2, -0.15) is 5.10 Å². The van der Waals surface area contributed by atoms with Crippen LogP contribution in [0.3, 0.4) is 0 Å². The molecule has 0 fully saturated rings. The van der Waals surface area contributed by atoms with Gasteiger partial charge in [-0.15, -0.1) is 10.2 Å². The zero-order valence-corrected chi connectivity index (χ0v) is 12.8. The van der Waals surface area contributed by atoms with Crippen molar-refractivity contribution < 1.29 is 0 Å². The van der Waals surface area contributed by atoms with Crippen molar-refractivity contribution in [1.82, 2.24) is 15.2 Å². The highest BCUT2D eigenvalue weighted by molar-refractivity contribution is 6.33. The van der Waals surface area contributed by atoms with Crippen LogP contribution in [0.25, 0.3) is 0 Å². The van der Waals surface area contributed by atoms with E-state index in [-0.39, 0.29) is 16.9 Å². The van der Waals surface area contributed by atoms with E-state index in [1.165, 1.54) is 0 Å². The Morgan fingerprint density at radius 3 is 2.62 bits per heavy atom. The zero-order chi connectivity index (χ0) is 15.5. The van der Waals surface area contributed by atoms with Gasteiger partial charge < -0.3 is 0 Å². The van der Waals surface area contributed by atoms with Gasteiger partial charge >= 0.3 is 0 Å². The maximum Gasteiger partial charge on any atom is 0.274 e. The van der Waals surface area contributed by atoms with E-state index in [9.17, 15) is 4.79 Å². The summed E-state index contributed by atoms with van der Waals surface area (Å²) in [5.74, 6) is 0.177. The van der Waals surface area contributed by atoms with E-state index in [1.54, 1.807) is 12.3 Å². The van der Waals surface area contributed by atoms with Crippen molar-refractivity contribution in [1.29, 1.82) is 0 Å². The number of aromatic amines is 1. The molecule has 0 unspecified atom stereocenters. The zero-order valence-electron chi connectivity index (χ0n) is 12.0. The maximum atomic E-state index is 11.9. The van der Waals surface area contributed by atoms with E-state index in [0.29, 0.717) is 10.7 Å². The molecule has 1 aromatic heterocycles. The first-order valence-electron chi connectivity index (χ1n) is 6.39. The number of anilines is 1. The van der Waals surface area contributed by atoms with Crippen LogP contribution in [-0.4, -0.2) is 21.4 Å². The Labute approximate surface area is 127 Å². The molecule has 0 bridgehead atoms. The van der Waals surface area contributed by atoms with Gasteiger partial charge in [0.15, 0.2) is 0 Å². The molecule has 7 heteroatoms. The molecule has 1 aromatic carbocycles. The summed E-state index contributed by atoms with van der Waals surface area (Å²) in [6.07, 6.45) is 1.54. The van der Waals surface area contributed by atoms with Crippen LogP contribution in [-0.2, 0) is 5.41 Å². The molecule has 1 heterocycles. The Kier molecular flexibility index (Phi) is 4.37. The topological polar surface area (TPSA) is 83.0 Å². The summed E-state index contributed by atoms with van der Waals surface area (Å²) in [4.78, 5) is 14.5. The Hall–Kier alpha value is -2.21. The Balaban J connectivity index is 2.13. The largest absolute Gasteiger partial charge is 0.288 e. The van der Waals surface area contributed by atoms with Crippen LogP contribution >= 0.6 is 11.6 Å². The van der Waals surface area contributed by atoms with Gasteiger partial charge in [0.1, 0.15) is 5.69 Å². The lowest BCUT2D eigenvalue weighted by molar-refractivity contribution is 0.547. The number of nitrogens with zero attached hydrogens (tertiary/aromatic N) is 3. The third-order valence-corrected chi connectivity index (χ3v) is 3.03. The molecule has 0 atom stereocenters. The van der Waals surface area contributed by atoms with E-state index in [4.69, 9.17) is 11.6 Å². The van der Waals surface area contributed by atoms with Crippen molar-refractivity contribution in [3.63, 3.8) is 0 Å². The molecule has 110 valence electrons. The molecule has 2 rings (SSSR count). The van der Waals surface area contributed by atoms with E-state index >= 15 is 0 Å². The fraction of sp³-hybridized carbons (Fsp3) is 0.286.